The Labute approximate surface area is 111 Å². The van der Waals surface area contributed by atoms with Gasteiger partial charge in [0.2, 0.25) is 0 Å². The second kappa shape index (κ2) is 6.10. The number of hydrogen-bond acceptors (Lipinski definition) is 1. The van der Waals surface area contributed by atoms with Gasteiger partial charge >= 0.3 is 0 Å². The first-order valence-corrected chi connectivity index (χ1v) is 6.66. The minimum absolute atomic E-state index is 0.0888. The predicted molar refractivity (Wildman–Crippen MR) is 69.0 cm³/mol. The van der Waals surface area contributed by atoms with Crippen molar-refractivity contribution in [1.82, 2.24) is 0 Å². The molecule has 1 amide bonds. The van der Waals surface area contributed by atoms with Crippen molar-refractivity contribution < 1.29 is 18.5 Å². The van der Waals surface area contributed by atoms with Gasteiger partial charge in [-0.05, 0) is 38.3 Å². The van der Waals surface area contributed by atoms with Crippen LogP contribution in [0.5, 0.6) is 0 Å². The van der Waals surface area contributed by atoms with Crippen LogP contribution in [0, 0.1) is 11.6 Å². The highest BCUT2D eigenvalue weighted by Crippen LogP contribution is 2.14. The molecule has 1 aromatic carbocycles. The van der Waals surface area contributed by atoms with E-state index in [0.717, 1.165) is 37.6 Å². The largest absolute Gasteiger partial charge is 0.325 e. The lowest BCUT2D eigenvalue weighted by atomic mass is 10.0. The molecule has 1 unspecified atom stereocenters. The van der Waals surface area contributed by atoms with E-state index in [1.165, 1.54) is 11.3 Å². The number of rotatable bonds is 3. The van der Waals surface area contributed by atoms with E-state index in [-0.39, 0.29) is 11.6 Å². The number of halogens is 2. The van der Waals surface area contributed by atoms with E-state index >= 15 is 0 Å². The van der Waals surface area contributed by atoms with Gasteiger partial charge in [0.15, 0.2) is 6.54 Å². The molecule has 1 heterocycles. The normalized spacial score (nSPS) is 23.1. The summed E-state index contributed by atoms with van der Waals surface area (Å²) in [5.74, 6) is -1.44. The molecule has 2 atom stereocenters. The topological polar surface area (TPSA) is 33.5 Å². The van der Waals surface area contributed by atoms with E-state index in [4.69, 9.17) is 0 Å². The van der Waals surface area contributed by atoms with E-state index in [2.05, 4.69) is 12.2 Å². The summed E-state index contributed by atoms with van der Waals surface area (Å²) in [7, 11) is 0. The minimum Gasteiger partial charge on any atom is -0.325 e. The van der Waals surface area contributed by atoms with Gasteiger partial charge in [0.25, 0.3) is 5.91 Å². The zero-order valence-corrected chi connectivity index (χ0v) is 11.0. The smallest absolute Gasteiger partial charge is 0.279 e. The molecular formula is C14H19F2N2O+. The van der Waals surface area contributed by atoms with Gasteiger partial charge in [-0.3, -0.25) is 4.79 Å². The molecular weight excluding hydrogens is 250 g/mol. The van der Waals surface area contributed by atoms with E-state index in [0.29, 0.717) is 12.6 Å². The molecule has 0 bridgehead atoms. The summed E-state index contributed by atoms with van der Waals surface area (Å²) in [5, 5.41) is 2.44. The molecule has 1 aliphatic rings. The fourth-order valence-electron chi connectivity index (χ4n) is 2.51. The van der Waals surface area contributed by atoms with Gasteiger partial charge in [-0.25, -0.2) is 8.78 Å². The van der Waals surface area contributed by atoms with Gasteiger partial charge in [-0.1, -0.05) is 0 Å². The quantitative estimate of drug-likeness (QED) is 0.853. The summed E-state index contributed by atoms with van der Waals surface area (Å²) in [6.07, 6.45) is 3.42. The third kappa shape index (κ3) is 3.73. The SMILES string of the molecule is C[C@@H]1CCCC[NH+]1CC(=O)Nc1cc(F)ccc1F. The number of quaternary nitrogens is 1. The highest BCUT2D eigenvalue weighted by molar-refractivity contribution is 5.91. The van der Waals surface area contributed by atoms with Crippen LogP contribution in [0.1, 0.15) is 26.2 Å². The molecule has 1 aromatic rings. The third-order valence-corrected chi connectivity index (χ3v) is 3.67. The highest BCUT2D eigenvalue weighted by atomic mass is 19.1. The maximum absolute atomic E-state index is 13.4. The second-order valence-electron chi connectivity index (χ2n) is 5.15. The van der Waals surface area contributed by atoms with Gasteiger partial charge in [0.05, 0.1) is 18.3 Å². The fourth-order valence-corrected chi connectivity index (χ4v) is 2.51. The average Bonchev–Trinajstić information content (AvgIpc) is 2.37. The van der Waals surface area contributed by atoms with E-state index in [9.17, 15) is 13.6 Å². The van der Waals surface area contributed by atoms with Crippen LogP contribution in [-0.4, -0.2) is 25.0 Å². The Morgan fingerprint density at radius 1 is 1.42 bits per heavy atom. The van der Waals surface area contributed by atoms with Crippen molar-refractivity contribution in [2.45, 2.75) is 32.2 Å². The molecule has 3 nitrogen and oxygen atoms in total. The fraction of sp³-hybridized carbons (Fsp3) is 0.500. The number of piperidine rings is 1. The number of nitrogens with one attached hydrogen (secondary N) is 2. The summed E-state index contributed by atoms with van der Waals surface area (Å²) >= 11 is 0. The van der Waals surface area contributed by atoms with Gasteiger partial charge in [-0.15, -0.1) is 0 Å². The molecule has 1 saturated heterocycles. The summed E-state index contributed by atoms with van der Waals surface area (Å²) < 4.78 is 26.4. The molecule has 0 spiro atoms. The van der Waals surface area contributed by atoms with Crippen LogP contribution >= 0.6 is 0 Å². The van der Waals surface area contributed by atoms with Gasteiger partial charge in [0.1, 0.15) is 11.6 Å². The maximum Gasteiger partial charge on any atom is 0.279 e. The highest BCUT2D eigenvalue weighted by Gasteiger charge is 2.24. The summed E-state index contributed by atoms with van der Waals surface area (Å²) in [6, 6.07) is 3.49. The van der Waals surface area contributed by atoms with E-state index in [1.807, 2.05) is 0 Å². The number of amides is 1. The molecule has 19 heavy (non-hydrogen) atoms. The Hall–Kier alpha value is -1.49. The van der Waals surface area contributed by atoms with Crippen molar-refractivity contribution in [2.24, 2.45) is 0 Å². The minimum atomic E-state index is -0.614. The van der Waals surface area contributed by atoms with Crippen molar-refractivity contribution >= 4 is 11.6 Å². The lowest BCUT2D eigenvalue weighted by Gasteiger charge is -2.29. The van der Waals surface area contributed by atoms with Crippen molar-refractivity contribution in [1.29, 1.82) is 0 Å². The molecule has 2 rings (SSSR count). The monoisotopic (exact) mass is 269 g/mol. The molecule has 1 fully saturated rings. The molecule has 104 valence electrons. The zero-order chi connectivity index (χ0) is 13.8. The summed E-state index contributed by atoms with van der Waals surface area (Å²) in [6.45, 7) is 3.38. The molecule has 0 saturated carbocycles. The Morgan fingerprint density at radius 2 is 2.21 bits per heavy atom. The molecule has 1 aliphatic heterocycles. The number of anilines is 1. The van der Waals surface area contributed by atoms with Crippen LogP contribution in [0.25, 0.3) is 0 Å². The standard InChI is InChI=1S/C14H18F2N2O/c1-10-4-2-3-7-18(10)9-14(19)17-13-8-11(15)5-6-12(13)16/h5-6,8,10H,2-4,7,9H2,1H3,(H,17,19)/p+1/t10-/m1/s1. The molecule has 0 radical (unpaired) electrons. The zero-order valence-electron chi connectivity index (χ0n) is 11.0. The van der Waals surface area contributed by atoms with Crippen molar-refractivity contribution in [3.63, 3.8) is 0 Å². The summed E-state index contributed by atoms with van der Waals surface area (Å²) in [5.41, 5.74) is -0.0888. The Bertz CT molecular complexity index is 465. The lowest BCUT2D eigenvalue weighted by Crippen LogP contribution is -3.17. The van der Waals surface area contributed by atoms with Crippen LogP contribution < -0.4 is 10.2 Å². The van der Waals surface area contributed by atoms with Crippen LogP contribution in [-0.2, 0) is 4.79 Å². The Morgan fingerprint density at radius 3 is 2.95 bits per heavy atom. The molecule has 0 aromatic heterocycles. The summed E-state index contributed by atoms with van der Waals surface area (Å²) in [4.78, 5) is 13.1. The first-order valence-electron chi connectivity index (χ1n) is 6.66. The number of carbonyl (C=O) groups excluding carboxylic acids is 1. The molecule has 0 aliphatic carbocycles. The first kappa shape index (κ1) is 13.9. The Kier molecular flexibility index (Phi) is 4.47. The van der Waals surface area contributed by atoms with Gasteiger partial charge in [0, 0.05) is 6.07 Å². The van der Waals surface area contributed by atoms with Crippen LogP contribution in [0.3, 0.4) is 0 Å². The lowest BCUT2D eigenvalue weighted by molar-refractivity contribution is -0.920. The van der Waals surface area contributed by atoms with Crippen molar-refractivity contribution in [3.05, 3.63) is 29.8 Å². The van der Waals surface area contributed by atoms with Crippen molar-refractivity contribution in [3.8, 4) is 0 Å². The molecule has 5 heteroatoms. The van der Waals surface area contributed by atoms with E-state index in [1.54, 1.807) is 0 Å². The van der Waals surface area contributed by atoms with Crippen LogP contribution in [0.2, 0.25) is 0 Å². The number of likely N-dealkylation sites (tertiary alicyclic amines) is 1. The third-order valence-electron chi connectivity index (χ3n) is 3.67. The second-order valence-corrected chi connectivity index (χ2v) is 5.15. The predicted octanol–water partition coefficient (Wildman–Crippen LogP) is 1.36. The number of carbonyl (C=O) groups is 1. The number of hydrogen-bond donors (Lipinski definition) is 2. The molecule has 2 N–H and O–H groups in total. The number of benzene rings is 1. The maximum atomic E-state index is 13.4. The first-order chi connectivity index (χ1) is 9.06. The van der Waals surface area contributed by atoms with Gasteiger partial charge in [-0.2, -0.15) is 0 Å². The van der Waals surface area contributed by atoms with Crippen LogP contribution in [0.15, 0.2) is 18.2 Å². The Balaban J connectivity index is 1.95. The van der Waals surface area contributed by atoms with Crippen LogP contribution in [0.4, 0.5) is 14.5 Å². The average molecular weight is 269 g/mol. The van der Waals surface area contributed by atoms with Gasteiger partial charge < -0.3 is 10.2 Å². The van der Waals surface area contributed by atoms with E-state index < -0.39 is 11.6 Å². The van der Waals surface area contributed by atoms with Crippen molar-refractivity contribution in [2.75, 3.05) is 18.4 Å².